The Morgan fingerprint density at radius 3 is 2.66 bits per heavy atom. The van der Waals surface area contributed by atoms with E-state index in [9.17, 15) is 9.59 Å². The lowest BCUT2D eigenvalue weighted by Crippen LogP contribution is -2.24. The van der Waals surface area contributed by atoms with Crippen molar-refractivity contribution in [3.63, 3.8) is 0 Å². The van der Waals surface area contributed by atoms with E-state index >= 15 is 0 Å². The number of methoxy groups -OCH3 is 1. The van der Waals surface area contributed by atoms with Crippen molar-refractivity contribution in [2.24, 2.45) is 5.92 Å². The van der Waals surface area contributed by atoms with E-state index < -0.39 is 5.97 Å². The van der Waals surface area contributed by atoms with Crippen molar-refractivity contribution < 1.29 is 19.1 Å². The number of ether oxygens (including phenoxy) is 2. The van der Waals surface area contributed by atoms with Gasteiger partial charge < -0.3 is 24.7 Å². The molecule has 1 aromatic carbocycles. The Bertz CT molecular complexity index is 1160. The number of esters is 1. The van der Waals surface area contributed by atoms with Crippen molar-refractivity contribution in [3.8, 4) is 0 Å². The van der Waals surface area contributed by atoms with Crippen LogP contribution in [0.2, 0.25) is 0 Å². The Hall–Kier alpha value is -3.39. The molecule has 2 N–H and O–H groups in total. The molecule has 1 aliphatic heterocycles. The largest absolute Gasteiger partial charge is 0.464 e. The summed E-state index contributed by atoms with van der Waals surface area (Å²) in [6.07, 6.45) is 5.10. The molecule has 35 heavy (non-hydrogen) atoms. The molecule has 1 amide bonds. The van der Waals surface area contributed by atoms with Crippen LogP contribution in [0.15, 0.2) is 42.6 Å². The molecule has 1 unspecified atom stereocenters. The van der Waals surface area contributed by atoms with Gasteiger partial charge in [0, 0.05) is 24.6 Å². The number of carbonyl (C=O) groups excluding carboxylic acids is 2. The first kappa shape index (κ1) is 24.7. The van der Waals surface area contributed by atoms with Crippen LogP contribution in [0.4, 0.5) is 11.4 Å². The second-order valence-electron chi connectivity index (χ2n) is 8.91. The first-order valence-corrected chi connectivity index (χ1v) is 12.3. The average Bonchev–Trinajstić information content (AvgIpc) is 3.53. The van der Waals surface area contributed by atoms with Gasteiger partial charge in [0.05, 0.1) is 37.2 Å². The maximum Gasteiger partial charge on any atom is 0.356 e. The Labute approximate surface area is 206 Å². The Morgan fingerprint density at radius 2 is 2.00 bits per heavy atom. The van der Waals surface area contributed by atoms with E-state index in [4.69, 9.17) is 14.5 Å². The molecule has 3 heterocycles. The SMILES string of the molecule is CCC(CC)Nc1cnc2c(c1)c(NC(=O)C1CCOC1)c(C(=O)OC)n2CCc1ccccc1. The van der Waals surface area contributed by atoms with Crippen molar-refractivity contribution in [2.75, 3.05) is 31.0 Å². The molecule has 8 nitrogen and oxygen atoms in total. The number of hydrogen-bond acceptors (Lipinski definition) is 6. The van der Waals surface area contributed by atoms with Crippen molar-refractivity contribution in [3.05, 3.63) is 53.9 Å². The summed E-state index contributed by atoms with van der Waals surface area (Å²) in [7, 11) is 1.35. The topological polar surface area (TPSA) is 94.5 Å². The summed E-state index contributed by atoms with van der Waals surface area (Å²) in [6.45, 7) is 5.73. The van der Waals surface area contributed by atoms with Gasteiger partial charge in [-0.1, -0.05) is 44.2 Å². The van der Waals surface area contributed by atoms with Gasteiger partial charge in [-0.2, -0.15) is 0 Å². The van der Waals surface area contributed by atoms with Gasteiger partial charge in [-0.05, 0) is 37.3 Å². The smallest absolute Gasteiger partial charge is 0.356 e. The number of nitrogens with one attached hydrogen (secondary N) is 2. The predicted molar refractivity (Wildman–Crippen MR) is 137 cm³/mol. The molecule has 4 rings (SSSR count). The highest BCUT2D eigenvalue weighted by Gasteiger charge is 2.30. The fourth-order valence-corrected chi connectivity index (χ4v) is 4.54. The molecule has 8 heteroatoms. The van der Waals surface area contributed by atoms with Crippen molar-refractivity contribution in [2.45, 2.75) is 52.1 Å². The summed E-state index contributed by atoms with van der Waals surface area (Å²) in [6, 6.07) is 12.3. The van der Waals surface area contributed by atoms with E-state index in [0.29, 0.717) is 61.1 Å². The maximum absolute atomic E-state index is 13.1. The molecule has 1 aliphatic rings. The molecule has 3 aromatic rings. The first-order chi connectivity index (χ1) is 17.0. The summed E-state index contributed by atoms with van der Waals surface area (Å²) in [4.78, 5) is 30.8. The molecular formula is C27H34N4O4. The lowest BCUT2D eigenvalue weighted by Gasteiger charge is -2.16. The standard InChI is InChI=1S/C27H34N4O4/c1-4-20(5-2)29-21-15-22-23(30-26(32)19-12-14-35-17-19)24(27(33)34-3)31(25(22)28-16-21)13-11-18-9-7-6-8-10-18/h6-10,15-16,19-20,29H,4-5,11-14,17H2,1-3H3,(H,30,32). The molecule has 1 atom stereocenters. The van der Waals surface area contributed by atoms with E-state index in [1.165, 1.54) is 7.11 Å². The minimum atomic E-state index is -0.511. The van der Waals surface area contributed by atoms with Crippen LogP contribution < -0.4 is 10.6 Å². The summed E-state index contributed by atoms with van der Waals surface area (Å²) in [5.74, 6) is -0.918. The van der Waals surface area contributed by atoms with E-state index in [2.05, 4.69) is 36.6 Å². The molecule has 0 spiro atoms. The average molecular weight is 479 g/mol. The van der Waals surface area contributed by atoms with Crippen LogP contribution in [0.3, 0.4) is 0 Å². The van der Waals surface area contributed by atoms with Crippen molar-refractivity contribution >= 4 is 34.3 Å². The molecule has 186 valence electrons. The van der Waals surface area contributed by atoms with E-state index in [0.717, 1.165) is 24.1 Å². The number of amides is 1. The maximum atomic E-state index is 13.1. The Morgan fingerprint density at radius 1 is 1.23 bits per heavy atom. The fraction of sp³-hybridized carbons (Fsp3) is 0.444. The third-order valence-corrected chi connectivity index (χ3v) is 6.65. The van der Waals surface area contributed by atoms with Gasteiger partial charge in [-0.15, -0.1) is 0 Å². The quantitative estimate of drug-likeness (QED) is 0.412. The van der Waals surface area contributed by atoms with Gasteiger partial charge in [0.25, 0.3) is 0 Å². The van der Waals surface area contributed by atoms with Gasteiger partial charge in [-0.3, -0.25) is 4.79 Å². The lowest BCUT2D eigenvalue weighted by molar-refractivity contribution is -0.119. The second-order valence-corrected chi connectivity index (χ2v) is 8.91. The summed E-state index contributed by atoms with van der Waals surface area (Å²) in [5, 5.41) is 7.25. The zero-order valence-electron chi connectivity index (χ0n) is 20.7. The number of rotatable bonds is 10. The summed E-state index contributed by atoms with van der Waals surface area (Å²) >= 11 is 0. The van der Waals surface area contributed by atoms with Gasteiger partial charge in [0.15, 0.2) is 5.69 Å². The van der Waals surface area contributed by atoms with Crippen LogP contribution in [0.25, 0.3) is 11.0 Å². The van der Waals surface area contributed by atoms with Crippen LogP contribution in [-0.4, -0.2) is 47.8 Å². The Kier molecular flexibility index (Phi) is 8.02. The minimum Gasteiger partial charge on any atom is -0.464 e. The molecule has 1 saturated heterocycles. The van der Waals surface area contributed by atoms with E-state index in [-0.39, 0.29) is 11.8 Å². The molecule has 0 radical (unpaired) electrons. The number of benzene rings is 1. The number of aromatic nitrogens is 2. The first-order valence-electron chi connectivity index (χ1n) is 12.3. The normalized spacial score (nSPS) is 15.5. The lowest BCUT2D eigenvalue weighted by atomic mass is 10.1. The van der Waals surface area contributed by atoms with E-state index in [1.807, 2.05) is 28.8 Å². The van der Waals surface area contributed by atoms with Gasteiger partial charge >= 0.3 is 5.97 Å². The predicted octanol–water partition coefficient (Wildman–Crippen LogP) is 4.64. The second kappa shape index (κ2) is 11.4. The monoisotopic (exact) mass is 478 g/mol. The molecule has 0 aliphatic carbocycles. The zero-order chi connectivity index (χ0) is 24.8. The fourth-order valence-electron chi connectivity index (χ4n) is 4.54. The number of pyridine rings is 1. The van der Waals surface area contributed by atoms with Crippen LogP contribution in [-0.2, 0) is 27.2 Å². The highest BCUT2D eigenvalue weighted by atomic mass is 16.5. The minimum absolute atomic E-state index is 0.159. The molecule has 0 saturated carbocycles. The molecule has 0 bridgehead atoms. The molecular weight excluding hydrogens is 444 g/mol. The van der Waals surface area contributed by atoms with Crippen molar-refractivity contribution in [1.29, 1.82) is 0 Å². The number of anilines is 2. The highest BCUT2D eigenvalue weighted by molar-refractivity contribution is 6.11. The number of nitrogens with zero attached hydrogens (tertiary/aromatic N) is 2. The molecule has 1 fully saturated rings. The third-order valence-electron chi connectivity index (χ3n) is 6.65. The highest BCUT2D eigenvalue weighted by Crippen LogP contribution is 2.34. The molecule has 2 aromatic heterocycles. The number of hydrogen-bond donors (Lipinski definition) is 2. The van der Waals surface area contributed by atoms with Crippen molar-refractivity contribution in [1.82, 2.24) is 9.55 Å². The third kappa shape index (κ3) is 5.48. The Balaban J connectivity index is 1.79. The van der Waals surface area contributed by atoms with Crippen LogP contribution in [0.1, 0.15) is 49.2 Å². The zero-order valence-corrected chi connectivity index (χ0v) is 20.7. The van der Waals surface area contributed by atoms with Crippen LogP contribution in [0, 0.1) is 5.92 Å². The number of carbonyl (C=O) groups is 2. The van der Waals surface area contributed by atoms with Gasteiger partial charge in [0.2, 0.25) is 5.91 Å². The number of fused-ring (bicyclic) bond motifs is 1. The summed E-state index contributed by atoms with van der Waals surface area (Å²) < 4.78 is 12.4. The van der Waals surface area contributed by atoms with Crippen LogP contribution >= 0.6 is 0 Å². The van der Waals surface area contributed by atoms with Crippen LogP contribution in [0.5, 0.6) is 0 Å². The van der Waals surface area contributed by atoms with E-state index in [1.54, 1.807) is 6.20 Å². The van der Waals surface area contributed by atoms with Gasteiger partial charge in [0.1, 0.15) is 5.65 Å². The summed E-state index contributed by atoms with van der Waals surface area (Å²) in [5.41, 5.74) is 3.37. The number of aryl methyl sites for hydroxylation is 2. The van der Waals surface area contributed by atoms with Gasteiger partial charge in [-0.25, -0.2) is 9.78 Å².